The van der Waals surface area contributed by atoms with Crippen LogP contribution in [0.15, 0.2) is 40.9 Å². The second-order valence-electron chi connectivity index (χ2n) is 6.58. The van der Waals surface area contributed by atoms with Crippen LogP contribution in [0.25, 0.3) is 0 Å². The fraction of sp³-hybridized carbons (Fsp3) is 0.333. The molecular formula is C18H20FN7. The van der Waals surface area contributed by atoms with Crippen LogP contribution in [0.4, 0.5) is 22.2 Å². The lowest BCUT2D eigenvalue weighted by molar-refractivity contribution is 0.626. The zero-order valence-electron chi connectivity index (χ0n) is 14.4. The number of hydrogen-bond acceptors (Lipinski definition) is 7. The van der Waals surface area contributed by atoms with Crippen molar-refractivity contribution in [3.8, 4) is 0 Å². The minimum atomic E-state index is -0.271. The number of aliphatic imine (C=N–C) groups is 1. The summed E-state index contributed by atoms with van der Waals surface area (Å²) in [6, 6.07) is 6.16. The van der Waals surface area contributed by atoms with E-state index < -0.39 is 0 Å². The topological polar surface area (TPSA) is 101 Å². The molecule has 1 aromatic carbocycles. The van der Waals surface area contributed by atoms with E-state index in [9.17, 15) is 4.39 Å². The molecule has 1 saturated carbocycles. The maximum absolute atomic E-state index is 13.1. The molecule has 0 spiro atoms. The third-order valence-corrected chi connectivity index (χ3v) is 4.46. The second-order valence-corrected chi connectivity index (χ2v) is 6.58. The highest BCUT2D eigenvalue weighted by molar-refractivity contribution is 6.04. The van der Waals surface area contributed by atoms with Gasteiger partial charge in [-0.15, -0.1) is 0 Å². The Morgan fingerprint density at radius 2 is 1.85 bits per heavy atom. The Morgan fingerprint density at radius 1 is 1.12 bits per heavy atom. The van der Waals surface area contributed by atoms with E-state index in [2.05, 4.69) is 36.7 Å². The Balaban J connectivity index is 1.46. The SMILES string of the molecule is C[C@H](Nc1nc(N)nc(NC2=NCC(C3CC3)=C2)n1)c1ccc(F)cc1. The summed E-state index contributed by atoms with van der Waals surface area (Å²) in [6.07, 6.45) is 4.57. The highest BCUT2D eigenvalue weighted by Gasteiger charge is 2.28. The van der Waals surface area contributed by atoms with E-state index in [-0.39, 0.29) is 17.8 Å². The van der Waals surface area contributed by atoms with Crippen molar-refractivity contribution in [1.82, 2.24) is 15.0 Å². The highest BCUT2D eigenvalue weighted by Crippen LogP contribution is 2.37. The zero-order valence-corrected chi connectivity index (χ0v) is 14.4. The van der Waals surface area contributed by atoms with Gasteiger partial charge in [0.1, 0.15) is 11.7 Å². The van der Waals surface area contributed by atoms with Gasteiger partial charge in [0.05, 0.1) is 12.6 Å². The van der Waals surface area contributed by atoms with Crippen molar-refractivity contribution in [3.63, 3.8) is 0 Å². The Kier molecular flexibility index (Phi) is 4.24. The molecule has 0 saturated heterocycles. The Hall–Kier alpha value is -3.03. The molecule has 1 atom stereocenters. The average Bonchev–Trinajstić information content (AvgIpc) is 3.35. The number of amidine groups is 1. The Bertz CT molecular complexity index is 872. The lowest BCUT2D eigenvalue weighted by Crippen LogP contribution is -2.15. The van der Waals surface area contributed by atoms with Gasteiger partial charge in [-0.2, -0.15) is 15.0 Å². The van der Waals surface area contributed by atoms with E-state index in [0.29, 0.717) is 17.8 Å². The van der Waals surface area contributed by atoms with Crippen LogP contribution in [0.2, 0.25) is 0 Å². The minimum absolute atomic E-state index is 0.112. The van der Waals surface area contributed by atoms with Gasteiger partial charge in [-0.3, -0.25) is 4.99 Å². The Labute approximate surface area is 150 Å². The van der Waals surface area contributed by atoms with Crippen LogP contribution in [0.5, 0.6) is 0 Å². The predicted octanol–water partition coefficient (Wildman–Crippen LogP) is 2.93. The van der Waals surface area contributed by atoms with Crippen LogP contribution < -0.4 is 16.4 Å². The van der Waals surface area contributed by atoms with E-state index in [1.54, 1.807) is 12.1 Å². The van der Waals surface area contributed by atoms with Crippen LogP contribution in [0.1, 0.15) is 31.4 Å². The lowest BCUT2D eigenvalue weighted by atomic mass is 10.1. The normalized spacial score (nSPS) is 17.5. The van der Waals surface area contributed by atoms with Gasteiger partial charge in [0.2, 0.25) is 17.8 Å². The maximum Gasteiger partial charge on any atom is 0.234 e. The van der Waals surface area contributed by atoms with E-state index in [4.69, 9.17) is 5.73 Å². The van der Waals surface area contributed by atoms with Crippen LogP contribution in [-0.2, 0) is 0 Å². The van der Waals surface area contributed by atoms with Crippen molar-refractivity contribution in [2.75, 3.05) is 22.9 Å². The van der Waals surface area contributed by atoms with Crippen molar-refractivity contribution in [2.24, 2.45) is 10.9 Å². The number of anilines is 3. The third kappa shape index (κ3) is 3.79. The number of hydrogen-bond donors (Lipinski definition) is 3. The summed E-state index contributed by atoms with van der Waals surface area (Å²) in [5.74, 6) is 1.97. The molecule has 134 valence electrons. The summed E-state index contributed by atoms with van der Waals surface area (Å²) >= 11 is 0. The van der Waals surface area contributed by atoms with Gasteiger partial charge in [-0.25, -0.2) is 4.39 Å². The van der Waals surface area contributed by atoms with Crippen LogP contribution in [-0.4, -0.2) is 27.3 Å². The first-order valence-electron chi connectivity index (χ1n) is 8.62. The molecule has 0 unspecified atom stereocenters. The molecule has 7 nitrogen and oxygen atoms in total. The number of benzene rings is 1. The van der Waals surface area contributed by atoms with Crippen molar-refractivity contribution >= 4 is 23.7 Å². The first kappa shape index (κ1) is 16.4. The highest BCUT2D eigenvalue weighted by atomic mass is 19.1. The molecule has 8 heteroatoms. The van der Waals surface area contributed by atoms with Crippen molar-refractivity contribution < 1.29 is 4.39 Å². The molecule has 1 fully saturated rings. The largest absolute Gasteiger partial charge is 0.368 e. The van der Waals surface area contributed by atoms with E-state index in [1.165, 1.54) is 30.5 Å². The van der Waals surface area contributed by atoms with Crippen molar-refractivity contribution in [1.29, 1.82) is 0 Å². The fourth-order valence-corrected chi connectivity index (χ4v) is 2.88. The molecule has 1 aliphatic carbocycles. The molecule has 4 rings (SSSR count). The molecule has 2 heterocycles. The molecule has 0 radical (unpaired) electrons. The molecule has 1 aromatic heterocycles. The van der Waals surface area contributed by atoms with Crippen LogP contribution in [0.3, 0.4) is 0 Å². The average molecular weight is 353 g/mol. The van der Waals surface area contributed by atoms with Gasteiger partial charge >= 0.3 is 0 Å². The molecule has 4 N–H and O–H groups in total. The molecule has 0 amide bonds. The fourth-order valence-electron chi connectivity index (χ4n) is 2.88. The monoisotopic (exact) mass is 353 g/mol. The van der Waals surface area contributed by atoms with E-state index >= 15 is 0 Å². The van der Waals surface area contributed by atoms with Gasteiger partial charge in [-0.1, -0.05) is 12.1 Å². The molecule has 2 aliphatic rings. The number of nitrogens with two attached hydrogens (primary N) is 1. The first-order valence-corrected chi connectivity index (χ1v) is 8.62. The van der Waals surface area contributed by atoms with Gasteiger partial charge in [0.25, 0.3) is 0 Å². The molecule has 0 bridgehead atoms. The Morgan fingerprint density at radius 3 is 2.58 bits per heavy atom. The number of nitrogen functional groups attached to an aromatic ring is 1. The maximum atomic E-state index is 13.1. The van der Waals surface area contributed by atoms with E-state index in [0.717, 1.165) is 17.9 Å². The number of nitrogens with one attached hydrogen (secondary N) is 2. The van der Waals surface area contributed by atoms with Gasteiger partial charge in [0.15, 0.2) is 0 Å². The summed E-state index contributed by atoms with van der Waals surface area (Å²) in [4.78, 5) is 17.1. The summed E-state index contributed by atoms with van der Waals surface area (Å²) in [7, 11) is 0. The summed E-state index contributed by atoms with van der Waals surface area (Å²) < 4.78 is 13.1. The van der Waals surface area contributed by atoms with Crippen LogP contribution in [0, 0.1) is 11.7 Å². The summed E-state index contributed by atoms with van der Waals surface area (Å²) in [5, 5.41) is 6.26. The standard InChI is InChI=1S/C18H20FN7/c1-10(11-4-6-14(19)7-5-11)22-17-24-16(20)25-18(26-17)23-15-8-13(9-21-15)12-2-3-12/h4-8,10,12H,2-3,9H2,1H3,(H4,20,21,22,23,24,25,26)/t10-/m0/s1. The number of nitrogens with zero attached hydrogens (tertiary/aromatic N) is 4. The van der Waals surface area contributed by atoms with Gasteiger partial charge in [-0.05, 0) is 55.0 Å². The minimum Gasteiger partial charge on any atom is -0.368 e. The molecule has 2 aromatic rings. The van der Waals surface area contributed by atoms with Crippen molar-refractivity contribution in [3.05, 3.63) is 47.3 Å². The first-order chi connectivity index (χ1) is 12.6. The lowest BCUT2D eigenvalue weighted by Gasteiger charge is -2.15. The summed E-state index contributed by atoms with van der Waals surface area (Å²) in [6.45, 7) is 2.67. The molecule has 26 heavy (non-hydrogen) atoms. The smallest absolute Gasteiger partial charge is 0.234 e. The molecule has 1 aliphatic heterocycles. The van der Waals surface area contributed by atoms with Gasteiger partial charge < -0.3 is 16.4 Å². The molecular weight excluding hydrogens is 333 g/mol. The van der Waals surface area contributed by atoms with Crippen molar-refractivity contribution in [2.45, 2.75) is 25.8 Å². The predicted molar refractivity (Wildman–Crippen MR) is 99.4 cm³/mol. The van der Waals surface area contributed by atoms with Gasteiger partial charge in [0, 0.05) is 0 Å². The number of aromatic nitrogens is 3. The number of halogens is 1. The summed E-state index contributed by atoms with van der Waals surface area (Å²) in [5.41, 5.74) is 8.08. The number of rotatable bonds is 5. The second kappa shape index (κ2) is 6.70. The van der Waals surface area contributed by atoms with Crippen LogP contribution >= 0.6 is 0 Å². The zero-order chi connectivity index (χ0) is 18.1. The third-order valence-electron chi connectivity index (χ3n) is 4.46. The van der Waals surface area contributed by atoms with E-state index in [1.807, 2.05) is 6.92 Å². The quantitative estimate of drug-likeness (QED) is 0.764.